The summed E-state index contributed by atoms with van der Waals surface area (Å²) in [5.41, 5.74) is 0.376. The summed E-state index contributed by atoms with van der Waals surface area (Å²) in [4.78, 5) is 12.5. The van der Waals surface area contributed by atoms with E-state index in [4.69, 9.17) is 14.2 Å². The fraction of sp³-hybridized carbons (Fsp3) is 0.130. The van der Waals surface area contributed by atoms with Gasteiger partial charge >= 0.3 is 12.2 Å². The number of carbonyl (C=O) groups excluding carboxylic acids is 1. The van der Waals surface area contributed by atoms with Crippen molar-refractivity contribution >= 4 is 28.4 Å². The zero-order valence-corrected chi connectivity index (χ0v) is 17.4. The average molecular weight is 470 g/mol. The number of benzene rings is 3. The van der Waals surface area contributed by atoms with Crippen molar-refractivity contribution in [3.8, 4) is 17.2 Å². The Morgan fingerprint density at radius 2 is 1.85 bits per heavy atom. The lowest BCUT2D eigenvalue weighted by Crippen LogP contribution is -2.19. The van der Waals surface area contributed by atoms with Gasteiger partial charge in [0.15, 0.2) is 17.3 Å². The Morgan fingerprint density at radius 1 is 1.03 bits per heavy atom. The number of ether oxygens (including phenoxy) is 3. The summed E-state index contributed by atoms with van der Waals surface area (Å²) >= 11 is 0. The van der Waals surface area contributed by atoms with Crippen LogP contribution < -0.4 is 24.8 Å². The molecule has 34 heavy (non-hydrogen) atoms. The van der Waals surface area contributed by atoms with Crippen LogP contribution in [0, 0.1) is 0 Å². The predicted octanol–water partition coefficient (Wildman–Crippen LogP) is 5.53. The van der Waals surface area contributed by atoms with Gasteiger partial charge in [0, 0.05) is 22.7 Å². The number of nitrogens with one attached hydrogen (secondary N) is 3. The molecule has 4 aromatic rings. The maximum Gasteiger partial charge on any atom is 0.416 e. The summed E-state index contributed by atoms with van der Waals surface area (Å²) < 4.78 is 55.8. The largest absolute Gasteiger partial charge is 0.489 e. The molecule has 174 valence electrons. The van der Waals surface area contributed by atoms with Crippen LogP contribution in [-0.4, -0.2) is 23.0 Å². The molecular weight excluding hydrogens is 453 g/mol. The van der Waals surface area contributed by atoms with Crippen molar-refractivity contribution in [2.24, 2.45) is 0 Å². The third-order valence-corrected chi connectivity index (χ3v) is 5.11. The van der Waals surface area contributed by atoms with Gasteiger partial charge in [-0.3, -0.25) is 10.4 Å². The van der Waals surface area contributed by atoms with Gasteiger partial charge in [0.05, 0.1) is 11.1 Å². The quantitative estimate of drug-likeness (QED) is 0.356. The van der Waals surface area contributed by atoms with Crippen molar-refractivity contribution < 1.29 is 32.2 Å². The molecule has 8 nitrogen and oxygen atoms in total. The number of aromatic amines is 1. The number of nitrogens with zero attached hydrogens (tertiary/aromatic N) is 1. The second kappa shape index (κ2) is 8.50. The van der Waals surface area contributed by atoms with Crippen LogP contribution >= 0.6 is 0 Å². The first-order valence-electron chi connectivity index (χ1n) is 10.1. The van der Waals surface area contributed by atoms with Gasteiger partial charge in [0.25, 0.3) is 0 Å². The molecule has 0 radical (unpaired) electrons. The van der Waals surface area contributed by atoms with Crippen LogP contribution in [0.4, 0.5) is 29.5 Å². The Bertz CT molecular complexity index is 1370. The highest BCUT2D eigenvalue weighted by Gasteiger charge is 2.33. The number of carbonyl (C=O) groups is 1. The van der Waals surface area contributed by atoms with E-state index in [1.807, 2.05) is 0 Å². The van der Waals surface area contributed by atoms with E-state index in [2.05, 4.69) is 20.8 Å². The van der Waals surface area contributed by atoms with E-state index >= 15 is 0 Å². The molecule has 1 aliphatic rings. The highest BCUT2D eigenvalue weighted by Crippen LogP contribution is 2.35. The monoisotopic (exact) mass is 470 g/mol. The van der Waals surface area contributed by atoms with Crippen molar-refractivity contribution in [2.75, 3.05) is 17.4 Å². The van der Waals surface area contributed by atoms with Gasteiger partial charge in [-0.2, -0.15) is 18.3 Å². The van der Waals surface area contributed by atoms with E-state index in [9.17, 15) is 18.0 Å². The Labute approximate surface area is 190 Å². The normalized spacial score (nSPS) is 12.6. The molecule has 0 aliphatic carbocycles. The number of hydrogen-bond acceptors (Lipinski definition) is 5. The number of urea groups is 1. The lowest BCUT2D eigenvalue weighted by molar-refractivity contribution is -0.138. The zero-order chi connectivity index (χ0) is 23.7. The van der Waals surface area contributed by atoms with Crippen molar-refractivity contribution in [1.82, 2.24) is 10.2 Å². The number of aromatic nitrogens is 2. The maximum atomic E-state index is 13.2. The number of anilines is 2. The van der Waals surface area contributed by atoms with Gasteiger partial charge in [0.2, 0.25) is 6.79 Å². The highest BCUT2D eigenvalue weighted by molar-refractivity contribution is 6.04. The van der Waals surface area contributed by atoms with Gasteiger partial charge in [0.1, 0.15) is 12.4 Å². The highest BCUT2D eigenvalue weighted by atomic mass is 19.4. The summed E-state index contributed by atoms with van der Waals surface area (Å²) in [5.74, 6) is 1.67. The molecule has 0 saturated heterocycles. The second-order valence-electron chi connectivity index (χ2n) is 7.37. The lowest BCUT2D eigenvalue weighted by Gasteiger charge is -2.13. The molecule has 0 saturated carbocycles. The molecule has 5 rings (SSSR count). The van der Waals surface area contributed by atoms with Gasteiger partial charge in [-0.25, -0.2) is 4.79 Å². The van der Waals surface area contributed by atoms with E-state index in [-0.39, 0.29) is 24.8 Å². The number of H-pyrrole nitrogens is 1. The number of halogens is 3. The van der Waals surface area contributed by atoms with Crippen molar-refractivity contribution in [3.63, 3.8) is 0 Å². The Kier molecular flexibility index (Phi) is 5.36. The van der Waals surface area contributed by atoms with Crippen LogP contribution in [0.1, 0.15) is 11.1 Å². The first-order valence-corrected chi connectivity index (χ1v) is 10.1. The summed E-state index contributed by atoms with van der Waals surface area (Å²) in [6.45, 7) is -0.150. The molecule has 0 fully saturated rings. The number of hydrogen-bond donors (Lipinski definition) is 3. The average Bonchev–Trinajstić information content (AvgIpc) is 3.44. The van der Waals surface area contributed by atoms with Gasteiger partial charge < -0.3 is 19.5 Å². The van der Waals surface area contributed by atoms with E-state index in [0.717, 1.165) is 6.07 Å². The minimum Gasteiger partial charge on any atom is -0.489 e. The first kappa shape index (κ1) is 21.4. The maximum absolute atomic E-state index is 13.2. The standard InChI is InChI=1S/C23H17F3N4O4/c24-23(25,26)17-4-2-1-3-13(17)11-32-15-6-7-18-16(10-15)21(30-29-18)28-22(31)27-14-5-8-19-20(9-14)34-12-33-19/h1-10H,11-12H2,(H3,27,28,29,30,31). The van der Waals surface area contributed by atoms with Gasteiger partial charge in [-0.05, 0) is 36.4 Å². The SMILES string of the molecule is O=C(Nc1ccc2c(c1)OCO2)Nc1n[nH]c2ccc(OCc3ccccc3C(F)(F)F)cc12. The molecule has 3 N–H and O–H groups in total. The van der Waals surface area contributed by atoms with Crippen molar-refractivity contribution in [1.29, 1.82) is 0 Å². The minimum atomic E-state index is -4.48. The van der Waals surface area contributed by atoms with E-state index in [1.165, 1.54) is 18.2 Å². The molecule has 0 spiro atoms. The van der Waals surface area contributed by atoms with E-state index in [0.29, 0.717) is 33.8 Å². The minimum absolute atomic E-state index is 0.0174. The molecule has 2 heterocycles. The summed E-state index contributed by atoms with van der Waals surface area (Å²) in [7, 11) is 0. The molecule has 1 aromatic heterocycles. The van der Waals surface area contributed by atoms with Gasteiger partial charge in [-0.15, -0.1) is 0 Å². The summed E-state index contributed by atoms with van der Waals surface area (Å²) in [6.07, 6.45) is -4.48. The third kappa shape index (κ3) is 4.40. The number of alkyl halides is 3. The van der Waals surface area contributed by atoms with Crippen molar-refractivity contribution in [2.45, 2.75) is 12.8 Å². The summed E-state index contributed by atoms with van der Waals surface area (Å²) in [5, 5.41) is 12.7. The molecule has 0 bridgehead atoms. The van der Waals surface area contributed by atoms with Crippen LogP contribution in [0.25, 0.3) is 10.9 Å². The molecule has 2 amide bonds. The molecular formula is C23H17F3N4O4. The summed E-state index contributed by atoms with van der Waals surface area (Å²) in [6, 6.07) is 14.5. The molecule has 1 aliphatic heterocycles. The third-order valence-electron chi connectivity index (χ3n) is 5.11. The van der Waals surface area contributed by atoms with E-state index < -0.39 is 17.8 Å². The van der Waals surface area contributed by atoms with Crippen molar-refractivity contribution in [3.05, 3.63) is 71.8 Å². The van der Waals surface area contributed by atoms with Crippen LogP contribution in [0.15, 0.2) is 60.7 Å². The van der Waals surface area contributed by atoms with Crippen LogP contribution in [0.2, 0.25) is 0 Å². The van der Waals surface area contributed by atoms with E-state index in [1.54, 1.807) is 36.4 Å². The van der Waals surface area contributed by atoms with Gasteiger partial charge in [-0.1, -0.05) is 18.2 Å². The van der Waals surface area contributed by atoms with Crippen LogP contribution in [0.3, 0.4) is 0 Å². The van der Waals surface area contributed by atoms with Crippen LogP contribution in [0.5, 0.6) is 17.2 Å². The Hall–Kier alpha value is -4.41. The molecule has 11 heteroatoms. The first-order chi connectivity index (χ1) is 16.4. The number of fused-ring (bicyclic) bond motifs is 2. The number of rotatable bonds is 5. The molecule has 0 atom stereocenters. The Morgan fingerprint density at radius 3 is 2.71 bits per heavy atom. The fourth-order valence-electron chi connectivity index (χ4n) is 3.51. The lowest BCUT2D eigenvalue weighted by atomic mass is 10.1. The topological polar surface area (TPSA) is 97.5 Å². The molecule has 3 aromatic carbocycles. The van der Waals surface area contributed by atoms with Crippen LogP contribution in [-0.2, 0) is 12.8 Å². The second-order valence-corrected chi connectivity index (χ2v) is 7.37. The number of amides is 2. The predicted molar refractivity (Wildman–Crippen MR) is 117 cm³/mol. The smallest absolute Gasteiger partial charge is 0.416 e. The zero-order valence-electron chi connectivity index (χ0n) is 17.4. The molecule has 0 unspecified atom stereocenters. The fourth-order valence-corrected chi connectivity index (χ4v) is 3.51. The Balaban J connectivity index is 1.29.